The van der Waals surface area contributed by atoms with Gasteiger partial charge in [-0.25, -0.2) is 4.98 Å². The number of aryl methyl sites for hydroxylation is 1. The van der Waals surface area contributed by atoms with Gasteiger partial charge in [0.2, 0.25) is 0 Å². The Hall–Kier alpha value is -1.39. The first kappa shape index (κ1) is 16.0. The maximum Gasteiger partial charge on any atom is 0.140 e. The number of nitrogens with zero attached hydrogens (tertiary/aromatic N) is 1. The van der Waals surface area contributed by atoms with Crippen LogP contribution in [0.2, 0.25) is 0 Å². The molecule has 1 heterocycles. The molecule has 3 nitrogen and oxygen atoms in total. The number of thiazole rings is 1. The van der Waals surface area contributed by atoms with Crippen molar-refractivity contribution >= 4 is 11.3 Å². The van der Waals surface area contributed by atoms with Gasteiger partial charge in [0.1, 0.15) is 17.4 Å². The number of benzene rings is 1. The second-order valence-electron chi connectivity index (χ2n) is 6.46. The number of rotatable bonds is 4. The van der Waals surface area contributed by atoms with Crippen molar-refractivity contribution in [2.75, 3.05) is 0 Å². The monoisotopic (exact) mass is 304 g/mol. The smallest absolute Gasteiger partial charge is 0.140 e. The second kappa shape index (κ2) is 6.16. The van der Waals surface area contributed by atoms with Crippen LogP contribution in [-0.4, -0.2) is 4.98 Å². The van der Waals surface area contributed by atoms with Gasteiger partial charge in [-0.2, -0.15) is 0 Å². The van der Waals surface area contributed by atoms with E-state index >= 15 is 0 Å². The molecule has 0 bridgehead atoms. The molecule has 0 spiro atoms. The predicted octanol–water partition coefficient (Wildman–Crippen LogP) is 4.35. The van der Waals surface area contributed by atoms with E-state index in [9.17, 15) is 0 Å². The lowest BCUT2D eigenvalue weighted by Crippen LogP contribution is -2.17. The Labute approximate surface area is 131 Å². The van der Waals surface area contributed by atoms with Crippen LogP contribution in [0.15, 0.2) is 24.3 Å². The highest BCUT2D eigenvalue weighted by molar-refractivity contribution is 7.11. The Bertz CT molecular complexity index is 611. The third-order valence-corrected chi connectivity index (χ3v) is 4.40. The van der Waals surface area contributed by atoms with E-state index in [4.69, 9.17) is 15.5 Å². The molecule has 0 amide bonds. The van der Waals surface area contributed by atoms with Crippen molar-refractivity contribution in [3.63, 3.8) is 0 Å². The van der Waals surface area contributed by atoms with Crippen LogP contribution in [-0.2, 0) is 12.0 Å². The third-order valence-electron chi connectivity index (χ3n) is 3.17. The van der Waals surface area contributed by atoms with E-state index in [0.29, 0.717) is 6.61 Å². The lowest BCUT2D eigenvalue weighted by Gasteiger charge is -2.18. The second-order valence-corrected chi connectivity index (χ2v) is 7.58. The molecular formula is C17H24N2OS. The Kier molecular flexibility index (Phi) is 4.69. The third kappa shape index (κ3) is 4.05. The minimum Gasteiger partial charge on any atom is -0.486 e. The van der Waals surface area contributed by atoms with Crippen molar-refractivity contribution < 1.29 is 4.74 Å². The quantitative estimate of drug-likeness (QED) is 0.913. The van der Waals surface area contributed by atoms with Gasteiger partial charge in [0.25, 0.3) is 0 Å². The molecule has 21 heavy (non-hydrogen) atoms. The van der Waals surface area contributed by atoms with Gasteiger partial charge in [0, 0.05) is 16.3 Å². The lowest BCUT2D eigenvalue weighted by atomic mass is 9.90. The van der Waals surface area contributed by atoms with E-state index in [-0.39, 0.29) is 11.5 Å². The summed E-state index contributed by atoms with van der Waals surface area (Å²) in [6.45, 7) is 11.1. The lowest BCUT2D eigenvalue weighted by molar-refractivity contribution is 0.304. The van der Waals surface area contributed by atoms with Crippen LogP contribution < -0.4 is 10.5 Å². The van der Waals surface area contributed by atoms with Gasteiger partial charge in [0.15, 0.2) is 0 Å². The van der Waals surface area contributed by atoms with E-state index < -0.39 is 0 Å². The van der Waals surface area contributed by atoms with E-state index in [1.807, 2.05) is 25.1 Å². The molecule has 0 aliphatic carbocycles. The van der Waals surface area contributed by atoms with Crippen LogP contribution in [0.5, 0.6) is 5.75 Å². The van der Waals surface area contributed by atoms with Crippen LogP contribution in [0.1, 0.15) is 54.9 Å². The summed E-state index contributed by atoms with van der Waals surface area (Å²) in [6.07, 6.45) is 0. The maximum atomic E-state index is 6.08. The average molecular weight is 304 g/mol. The van der Waals surface area contributed by atoms with Crippen LogP contribution in [0.4, 0.5) is 0 Å². The van der Waals surface area contributed by atoms with Crippen molar-refractivity contribution in [1.82, 2.24) is 4.98 Å². The standard InChI is InChI=1S/C17H24N2OS/c1-11-7-6-8-13(9-11)20-10-14-19-16(17(3,4)5)15(21-14)12(2)18/h6-9,12H,10,18H2,1-5H3. The van der Waals surface area contributed by atoms with Crippen molar-refractivity contribution in [3.05, 3.63) is 45.4 Å². The zero-order valence-corrected chi connectivity index (χ0v) is 14.3. The van der Waals surface area contributed by atoms with E-state index in [2.05, 4.69) is 33.8 Å². The summed E-state index contributed by atoms with van der Waals surface area (Å²) in [4.78, 5) is 5.91. The summed E-state index contributed by atoms with van der Waals surface area (Å²) in [5.74, 6) is 0.879. The highest BCUT2D eigenvalue weighted by Crippen LogP contribution is 2.33. The zero-order chi connectivity index (χ0) is 15.6. The van der Waals surface area contributed by atoms with Gasteiger partial charge in [-0.05, 0) is 31.5 Å². The van der Waals surface area contributed by atoms with Crippen LogP contribution in [0, 0.1) is 6.92 Å². The summed E-state index contributed by atoms with van der Waals surface area (Å²) in [6, 6.07) is 8.06. The predicted molar refractivity (Wildman–Crippen MR) is 88.9 cm³/mol. The van der Waals surface area contributed by atoms with Crippen molar-refractivity contribution in [2.45, 2.75) is 52.7 Å². The molecule has 0 fully saturated rings. The largest absolute Gasteiger partial charge is 0.486 e. The molecule has 1 aromatic carbocycles. The number of aromatic nitrogens is 1. The van der Waals surface area contributed by atoms with Crippen molar-refractivity contribution in [3.8, 4) is 5.75 Å². The number of nitrogens with two attached hydrogens (primary N) is 1. The molecule has 0 aliphatic rings. The minimum absolute atomic E-state index is 0.00104. The normalized spacial score (nSPS) is 13.2. The Balaban J connectivity index is 2.18. The Morgan fingerprint density at radius 1 is 1.33 bits per heavy atom. The molecule has 114 valence electrons. The highest BCUT2D eigenvalue weighted by atomic mass is 32.1. The van der Waals surface area contributed by atoms with Gasteiger partial charge in [0.05, 0.1) is 5.69 Å². The SMILES string of the molecule is Cc1cccc(OCc2nc(C(C)(C)C)c(C(C)N)s2)c1. The number of hydrogen-bond acceptors (Lipinski definition) is 4. The molecule has 0 radical (unpaired) electrons. The molecule has 1 unspecified atom stereocenters. The molecule has 2 aromatic rings. The molecule has 0 aliphatic heterocycles. The fourth-order valence-corrected chi connectivity index (χ4v) is 3.28. The first-order valence-electron chi connectivity index (χ1n) is 7.22. The van der Waals surface area contributed by atoms with Gasteiger partial charge in [-0.1, -0.05) is 32.9 Å². The summed E-state index contributed by atoms with van der Waals surface area (Å²) < 4.78 is 5.84. The van der Waals surface area contributed by atoms with Crippen LogP contribution in [0.25, 0.3) is 0 Å². The summed E-state index contributed by atoms with van der Waals surface area (Å²) >= 11 is 1.66. The Morgan fingerprint density at radius 2 is 2.05 bits per heavy atom. The van der Waals surface area contributed by atoms with Gasteiger partial charge < -0.3 is 10.5 Å². The molecule has 0 saturated carbocycles. The minimum atomic E-state index is 0.00104. The topological polar surface area (TPSA) is 48.1 Å². The summed E-state index contributed by atoms with van der Waals surface area (Å²) in [7, 11) is 0. The molecule has 1 atom stereocenters. The van der Waals surface area contributed by atoms with Gasteiger partial charge in [-0.15, -0.1) is 11.3 Å². The first-order valence-corrected chi connectivity index (χ1v) is 8.04. The van der Waals surface area contributed by atoms with E-state index in [0.717, 1.165) is 21.3 Å². The first-order chi connectivity index (χ1) is 9.77. The summed E-state index contributed by atoms with van der Waals surface area (Å²) in [5, 5.41) is 0.980. The average Bonchev–Trinajstić information content (AvgIpc) is 2.81. The van der Waals surface area contributed by atoms with E-state index in [1.54, 1.807) is 11.3 Å². The molecule has 0 saturated heterocycles. The fraction of sp³-hybridized carbons (Fsp3) is 0.471. The Morgan fingerprint density at radius 3 is 2.57 bits per heavy atom. The van der Waals surface area contributed by atoms with Crippen LogP contribution in [0.3, 0.4) is 0 Å². The van der Waals surface area contributed by atoms with Crippen molar-refractivity contribution in [1.29, 1.82) is 0 Å². The van der Waals surface area contributed by atoms with Gasteiger partial charge in [-0.3, -0.25) is 0 Å². The zero-order valence-electron chi connectivity index (χ0n) is 13.4. The maximum absolute atomic E-state index is 6.08. The fourth-order valence-electron chi connectivity index (χ4n) is 2.14. The molecule has 2 N–H and O–H groups in total. The van der Waals surface area contributed by atoms with Gasteiger partial charge >= 0.3 is 0 Å². The molecular weight excluding hydrogens is 280 g/mol. The highest BCUT2D eigenvalue weighted by Gasteiger charge is 2.25. The summed E-state index contributed by atoms with van der Waals surface area (Å²) in [5.41, 5.74) is 8.36. The number of ether oxygens (including phenoxy) is 1. The van der Waals surface area contributed by atoms with Crippen LogP contribution >= 0.6 is 11.3 Å². The van der Waals surface area contributed by atoms with E-state index in [1.165, 1.54) is 5.56 Å². The molecule has 4 heteroatoms. The molecule has 1 aromatic heterocycles. The number of hydrogen-bond donors (Lipinski definition) is 1. The molecule has 2 rings (SSSR count). The van der Waals surface area contributed by atoms with Crippen molar-refractivity contribution in [2.24, 2.45) is 5.73 Å².